The molecule has 0 spiro atoms. The first-order valence-electron chi connectivity index (χ1n) is 10.5. The first-order valence-corrected chi connectivity index (χ1v) is 12.4. The molecule has 0 aliphatic carbocycles. The molecule has 1 aliphatic heterocycles. The molecule has 3 amide bonds. The van der Waals surface area contributed by atoms with Crippen LogP contribution < -0.4 is 0 Å². The van der Waals surface area contributed by atoms with Gasteiger partial charge in [-0.05, 0) is 30.7 Å². The molecule has 6 nitrogen and oxygen atoms in total. The lowest BCUT2D eigenvalue weighted by atomic mass is 10.0. The van der Waals surface area contributed by atoms with E-state index >= 15 is 0 Å². The van der Waals surface area contributed by atoms with Crippen LogP contribution in [0.25, 0.3) is 0 Å². The van der Waals surface area contributed by atoms with Crippen LogP contribution >= 0.6 is 58.0 Å². The second-order valence-electron chi connectivity index (χ2n) is 7.74. The number of carbonyl (C=O) groups is 4. The summed E-state index contributed by atoms with van der Waals surface area (Å²) in [4.78, 5) is 54.5. The molecule has 1 aliphatic rings. The summed E-state index contributed by atoms with van der Waals surface area (Å²) >= 11 is 30.8. The number of carbonyl (C=O) groups excluding carboxylic acids is 4. The summed E-state index contributed by atoms with van der Waals surface area (Å²) in [6.07, 6.45) is 0.0729. The third-order valence-corrected chi connectivity index (χ3v) is 7.69. The monoisotopic (exact) mass is 582 g/mol. The Labute approximate surface area is 231 Å². The molecule has 0 radical (unpaired) electrons. The summed E-state index contributed by atoms with van der Waals surface area (Å²) in [7, 11) is 0. The average molecular weight is 585 g/mol. The standard InChI is InChI=1S/C25H15Cl5N2O4/c1-2-15(22(33)12-6-4-3-5-7-12)31(23(34)13-8-10-14(26)11-9-13)32-24(35)16-17(25(32)36)19(28)21(30)20(29)18(16)27/h3-11,15H,2H2,1H3/t15-/m0/s1. The number of halogens is 5. The van der Waals surface area contributed by atoms with E-state index in [1.807, 2.05) is 0 Å². The summed E-state index contributed by atoms with van der Waals surface area (Å²) < 4.78 is 0. The Morgan fingerprint density at radius 3 is 1.72 bits per heavy atom. The highest BCUT2D eigenvalue weighted by atomic mass is 35.5. The van der Waals surface area contributed by atoms with Gasteiger partial charge in [-0.2, -0.15) is 5.01 Å². The van der Waals surface area contributed by atoms with Gasteiger partial charge in [-0.1, -0.05) is 95.3 Å². The number of amides is 3. The number of benzene rings is 3. The first-order chi connectivity index (χ1) is 17.1. The van der Waals surface area contributed by atoms with Crippen LogP contribution in [0.5, 0.6) is 0 Å². The van der Waals surface area contributed by atoms with Gasteiger partial charge in [-0.25, -0.2) is 5.01 Å². The Kier molecular flexibility index (Phi) is 7.64. The van der Waals surface area contributed by atoms with Gasteiger partial charge in [-0.3, -0.25) is 19.2 Å². The van der Waals surface area contributed by atoms with Crippen molar-refractivity contribution in [2.45, 2.75) is 19.4 Å². The molecule has 11 heteroatoms. The van der Waals surface area contributed by atoms with E-state index in [0.717, 1.165) is 5.01 Å². The second kappa shape index (κ2) is 10.4. The summed E-state index contributed by atoms with van der Waals surface area (Å²) in [6, 6.07) is 12.8. The Bertz CT molecular complexity index is 1360. The van der Waals surface area contributed by atoms with Crippen LogP contribution in [0.4, 0.5) is 0 Å². The van der Waals surface area contributed by atoms with Crippen LogP contribution in [0.3, 0.4) is 0 Å². The summed E-state index contributed by atoms with van der Waals surface area (Å²) in [5.74, 6) is -3.21. The third kappa shape index (κ3) is 4.38. The van der Waals surface area contributed by atoms with Crippen molar-refractivity contribution in [3.05, 3.63) is 102 Å². The number of hydrazine groups is 1. The molecule has 0 unspecified atom stereocenters. The minimum Gasteiger partial charge on any atom is -0.292 e. The van der Waals surface area contributed by atoms with Crippen LogP contribution in [0.15, 0.2) is 54.6 Å². The van der Waals surface area contributed by atoms with Gasteiger partial charge in [-0.15, -0.1) is 0 Å². The zero-order valence-corrected chi connectivity index (χ0v) is 22.2. The summed E-state index contributed by atoms with van der Waals surface area (Å²) in [5, 5.41) is 0.764. The van der Waals surface area contributed by atoms with Gasteiger partial charge in [0.1, 0.15) is 6.04 Å². The number of Topliss-reactive ketones (excluding diaryl/α,β-unsaturated/α-hetero) is 1. The van der Waals surface area contributed by atoms with Gasteiger partial charge in [0.15, 0.2) is 5.78 Å². The van der Waals surface area contributed by atoms with Crippen molar-refractivity contribution in [2.75, 3.05) is 0 Å². The molecule has 0 bridgehead atoms. The lowest BCUT2D eigenvalue weighted by molar-refractivity contribution is -0.00970. The Hall–Kier alpha value is -2.61. The molecule has 0 saturated heterocycles. The molecule has 36 heavy (non-hydrogen) atoms. The molecule has 1 heterocycles. The lowest BCUT2D eigenvalue weighted by Crippen LogP contribution is -2.57. The van der Waals surface area contributed by atoms with Gasteiger partial charge >= 0.3 is 0 Å². The normalized spacial score (nSPS) is 13.6. The van der Waals surface area contributed by atoms with Gasteiger partial charge in [0, 0.05) is 16.1 Å². The lowest BCUT2D eigenvalue weighted by Gasteiger charge is -2.35. The van der Waals surface area contributed by atoms with E-state index < -0.39 is 29.5 Å². The molecule has 0 N–H and O–H groups in total. The van der Waals surface area contributed by atoms with Gasteiger partial charge in [0.2, 0.25) is 0 Å². The van der Waals surface area contributed by atoms with E-state index in [1.54, 1.807) is 37.3 Å². The largest absolute Gasteiger partial charge is 0.292 e. The maximum Gasteiger partial charge on any atom is 0.282 e. The zero-order chi connectivity index (χ0) is 26.3. The Balaban J connectivity index is 1.90. The van der Waals surface area contributed by atoms with E-state index in [9.17, 15) is 19.2 Å². The van der Waals surface area contributed by atoms with E-state index in [4.69, 9.17) is 58.0 Å². The van der Waals surface area contributed by atoms with Crippen molar-refractivity contribution in [3.8, 4) is 0 Å². The fraction of sp³-hybridized carbons (Fsp3) is 0.120. The second-order valence-corrected chi connectivity index (χ2v) is 9.69. The number of hydrogen-bond donors (Lipinski definition) is 0. The van der Waals surface area contributed by atoms with Crippen molar-refractivity contribution in [3.63, 3.8) is 0 Å². The predicted octanol–water partition coefficient (Wildman–Crippen LogP) is 7.27. The van der Waals surface area contributed by atoms with Crippen LogP contribution in [-0.2, 0) is 0 Å². The van der Waals surface area contributed by atoms with Crippen molar-refractivity contribution in [1.82, 2.24) is 10.0 Å². The fourth-order valence-electron chi connectivity index (χ4n) is 3.89. The van der Waals surface area contributed by atoms with Gasteiger partial charge in [0.05, 0.1) is 31.2 Å². The van der Waals surface area contributed by atoms with Crippen LogP contribution in [0.2, 0.25) is 25.1 Å². The number of nitrogens with zero attached hydrogens (tertiary/aromatic N) is 2. The molecule has 0 fully saturated rings. The van der Waals surface area contributed by atoms with Gasteiger partial charge < -0.3 is 0 Å². The number of hydrogen-bond acceptors (Lipinski definition) is 4. The Morgan fingerprint density at radius 2 is 1.25 bits per heavy atom. The first kappa shape index (κ1) is 26.5. The highest BCUT2D eigenvalue weighted by Gasteiger charge is 2.48. The maximum atomic E-state index is 13.8. The maximum absolute atomic E-state index is 13.8. The molecule has 1 atom stereocenters. The SMILES string of the molecule is CC[C@@H](C(=O)c1ccccc1)N(C(=O)c1ccc(Cl)cc1)N1C(=O)c2c(Cl)c(Cl)c(Cl)c(Cl)c2C1=O. The van der Waals surface area contributed by atoms with Crippen LogP contribution in [0.1, 0.15) is 54.8 Å². The molecular weight excluding hydrogens is 570 g/mol. The van der Waals surface area contributed by atoms with Crippen molar-refractivity contribution in [1.29, 1.82) is 0 Å². The smallest absolute Gasteiger partial charge is 0.282 e. The molecule has 4 rings (SSSR count). The van der Waals surface area contributed by atoms with Crippen molar-refractivity contribution in [2.24, 2.45) is 0 Å². The topological polar surface area (TPSA) is 74.8 Å². The van der Waals surface area contributed by atoms with Gasteiger partial charge in [0.25, 0.3) is 17.7 Å². The fourth-order valence-corrected chi connectivity index (χ4v) is 5.03. The van der Waals surface area contributed by atoms with Crippen molar-refractivity contribution < 1.29 is 19.2 Å². The summed E-state index contributed by atoms with van der Waals surface area (Å²) in [5.41, 5.74) is -0.241. The van der Waals surface area contributed by atoms with E-state index in [2.05, 4.69) is 0 Å². The molecule has 0 aromatic heterocycles. The van der Waals surface area contributed by atoms with E-state index in [-0.39, 0.29) is 48.8 Å². The van der Waals surface area contributed by atoms with E-state index in [0.29, 0.717) is 10.0 Å². The van der Waals surface area contributed by atoms with Crippen molar-refractivity contribution >= 4 is 81.5 Å². The average Bonchev–Trinajstić information content (AvgIpc) is 3.14. The highest BCUT2D eigenvalue weighted by molar-refractivity contribution is 6.55. The molecule has 3 aromatic carbocycles. The number of fused-ring (bicyclic) bond motifs is 1. The minimum absolute atomic E-state index is 0.0729. The minimum atomic E-state index is -1.23. The number of imide groups is 1. The predicted molar refractivity (Wildman–Crippen MR) is 139 cm³/mol. The molecule has 184 valence electrons. The summed E-state index contributed by atoms with van der Waals surface area (Å²) in [6.45, 7) is 1.65. The number of ketones is 1. The molecular formula is C25H15Cl5N2O4. The van der Waals surface area contributed by atoms with Crippen LogP contribution in [-0.4, -0.2) is 39.6 Å². The number of rotatable bonds is 6. The molecule has 0 saturated carbocycles. The Morgan fingerprint density at radius 1 is 0.750 bits per heavy atom. The molecule has 3 aromatic rings. The zero-order valence-electron chi connectivity index (χ0n) is 18.4. The third-order valence-electron chi connectivity index (χ3n) is 5.64. The van der Waals surface area contributed by atoms with E-state index in [1.165, 1.54) is 24.3 Å². The van der Waals surface area contributed by atoms with Crippen LogP contribution in [0, 0.1) is 0 Å². The highest BCUT2D eigenvalue weighted by Crippen LogP contribution is 2.45. The quantitative estimate of drug-likeness (QED) is 0.132.